The van der Waals surface area contributed by atoms with Crippen molar-refractivity contribution in [3.05, 3.63) is 35.4 Å². The third-order valence-electron chi connectivity index (χ3n) is 5.18. The van der Waals surface area contributed by atoms with Gasteiger partial charge in [-0.3, -0.25) is 9.59 Å². The molecule has 7 nitrogen and oxygen atoms in total. The number of rotatable bonds is 10. The normalized spacial score (nSPS) is 13.7. The Morgan fingerprint density at radius 1 is 1.00 bits per heavy atom. The third-order valence-corrected chi connectivity index (χ3v) is 5.18. The van der Waals surface area contributed by atoms with Gasteiger partial charge in [-0.15, -0.1) is 0 Å². The van der Waals surface area contributed by atoms with Gasteiger partial charge in [0.1, 0.15) is 17.7 Å². The summed E-state index contributed by atoms with van der Waals surface area (Å²) in [6.07, 6.45) is 1.39. The molecule has 0 aromatic heterocycles. The van der Waals surface area contributed by atoms with E-state index in [4.69, 9.17) is 4.74 Å². The van der Waals surface area contributed by atoms with Crippen LogP contribution in [0.5, 0.6) is 0 Å². The molecule has 0 spiro atoms. The minimum absolute atomic E-state index is 0.146. The number of hydrogen-bond acceptors (Lipinski definition) is 4. The zero-order chi connectivity index (χ0) is 27.0. The quantitative estimate of drug-likeness (QED) is 0.453. The highest BCUT2D eigenvalue weighted by Gasteiger charge is 2.37. The fraction of sp³-hybridized carbons (Fsp3) is 0.679. The number of aryl methyl sites for hydroxylation is 1. The Bertz CT molecular complexity index is 835. The molecule has 1 rings (SSSR count). The number of ether oxygens (including phenoxy) is 1. The molecule has 0 fully saturated rings. The molecule has 1 aromatic rings. The monoisotopic (exact) mass is 489 g/mol. The first kappa shape index (κ1) is 30.5. The lowest BCUT2D eigenvalue weighted by molar-refractivity contribution is -0.143. The lowest BCUT2D eigenvalue weighted by Crippen LogP contribution is -2.55. The van der Waals surface area contributed by atoms with Crippen LogP contribution < -0.4 is 10.6 Å². The second kappa shape index (κ2) is 12.9. The lowest BCUT2D eigenvalue weighted by atomic mass is 9.97. The SMILES string of the molecule is CCCCN(C(=O)C(CC(C)C)NC(=O)OC(C)(C)C)C(C(=O)NC(C)(C)C)c1ccc(C)cc1. The molecule has 0 saturated heterocycles. The fourth-order valence-electron chi connectivity index (χ4n) is 3.70. The van der Waals surface area contributed by atoms with Crippen molar-refractivity contribution < 1.29 is 19.1 Å². The molecule has 0 radical (unpaired) electrons. The molecule has 1 aromatic carbocycles. The number of carbonyl (C=O) groups is 3. The number of hydrogen-bond donors (Lipinski definition) is 2. The number of unbranched alkanes of at least 4 members (excludes halogenated alkanes) is 1. The molecule has 7 heteroatoms. The van der Waals surface area contributed by atoms with Crippen LogP contribution >= 0.6 is 0 Å². The van der Waals surface area contributed by atoms with Crippen molar-refractivity contribution in [2.45, 2.75) is 112 Å². The second-order valence-electron chi connectivity index (χ2n) is 11.8. The minimum Gasteiger partial charge on any atom is -0.444 e. The van der Waals surface area contributed by atoms with Crippen LogP contribution in [-0.2, 0) is 14.3 Å². The predicted molar refractivity (Wildman–Crippen MR) is 141 cm³/mol. The predicted octanol–water partition coefficient (Wildman–Crippen LogP) is 5.52. The molecular weight excluding hydrogens is 442 g/mol. The Balaban J connectivity index is 3.47. The summed E-state index contributed by atoms with van der Waals surface area (Å²) in [5.41, 5.74) is 0.654. The average molecular weight is 490 g/mol. The first-order valence-corrected chi connectivity index (χ1v) is 12.7. The molecule has 0 aliphatic carbocycles. The summed E-state index contributed by atoms with van der Waals surface area (Å²) in [7, 11) is 0. The largest absolute Gasteiger partial charge is 0.444 e. The summed E-state index contributed by atoms with van der Waals surface area (Å²) in [6, 6.07) is 6.06. The first-order valence-electron chi connectivity index (χ1n) is 12.7. The smallest absolute Gasteiger partial charge is 0.408 e. The molecule has 2 unspecified atom stereocenters. The zero-order valence-corrected chi connectivity index (χ0v) is 23.5. The molecule has 0 aliphatic rings. The van der Waals surface area contributed by atoms with E-state index in [1.807, 2.05) is 72.7 Å². The van der Waals surface area contributed by atoms with Crippen LogP contribution in [0.15, 0.2) is 24.3 Å². The van der Waals surface area contributed by atoms with Gasteiger partial charge < -0.3 is 20.3 Å². The van der Waals surface area contributed by atoms with E-state index in [-0.39, 0.29) is 17.7 Å². The number of carbonyl (C=O) groups excluding carboxylic acids is 3. The maximum atomic E-state index is 14.0. The van der Waals surface area contributed by atoms with Gasteiger partial charge in [-0.05, 0) is 72.8 Å². The van der Waals surface area contributed by atoms with Crippen molar-refractivity contribution in [2.24, 2.45) is 5.92 Å². The molecule has 3 amide bonds. The van der Waals surface area contributed by atoms with Crippen molar-refractivity contribution in [2.75, 3.05) is 6.54 Å². The number of alkyl carbamates (subject to hydrolysis) is 1. The van der Waals surface area contributed by atoms with E-state index in [1.54, 1.807) is 25.7 Å². The molecule has 0 aliphatic heterocycles. The molecular formula is C28H47N3O4. The maximum Gasteiger partial charge on any atom is 0.408 e. The lowest BCUT2D eigenvalue weighted by Gasteiger charge is -2.36. The summed E-state index contributed by atoms with van der Waals surface area (Å²) in [5.74, 6) is -0.382. The van der Waals surface area contributed by atoms with Crippen LogP contribution in [-0.4, -0.2) is 46.5 Å². The van der Waals surface area contributed by atoms with E-state index in [0.29, 0.717) is 13.0 Å². The zero-order valence-electron chi connectivity index (χ0n) is 23.5. The summed E-state index contributed by atoms with van der Waals surface area (Å²) >= 11 is 0. The van der Waals surface area contributed by atoms with E-state index in [1.165, 1.54) is 0 Å². The minimum atomic E-state index is -0.816. The fourth-order valence-corrected chi connectivity index (χ4v) is 3.70. The Hall–Kier alpha value is -2.57. The highest BCUT2D eigenvalue weighted by molar-refractivity contribution is 5.92. The molecule has 0 saturated carbocycles. The van der Waals surface area contributed by atoms with Gasteiger partial charge in [0.2, 0.25) is 11.8 Å². The van der Waals surface area contributed by atoms with Gasteiger partial charge in [0.05, 0.1) is 0 Å². The van der Waals surface area contributed by atoms with Gasteiger partial charge in [0.15, 0.2) is 0 Å². The first-order chi connectivity index (χ1) is 16.0. The van der Waals surface area contributed by atoms with Crippen LogP contribution in [0.1, 0.15) is 98.7 Å². The van der Waals surface area contributed by atoms with Gasteiger partial charge in [-0.25, -0.2) is 4.79 Å². The Morgan fingerprint density at radius 2 is 1.57 bits per heavy atom. The van der Waals surface area contributed by atoms with Crippen molar-refractivity contribution in [3.63, 3.8) is 0 Å². The van der Waals surface area contributed by atoms with E-state index >= 15 is 0 Å². The van der Waals surface area contributed by atoms with Crippen molar-refractivity contribution in [1.29, 1.82) is 0 Å². The van der Waals surface area contributed by atoms with Crippen LogP contribution in [0.4, 0.5) is 4.79 Å². The van der Waals surface area contributed by atoms with Crippen LogP contribution in [0, 0.1) is 12.8 Å². The summed E-state index contributed by atoms with van der Waals surface area (Å²) in [5, 5.41) is 5.83. The van der Waals surface area contributed by atoms with Crippen LogP contribution in [0.25, 0.3) is 0 Å². The highest BCUT2D eigenvalue weighted by atomic mass is 16.6. The summed E-state index contributed by atoms with van der Waals surface area (Å²) < 4.78 is 5.43. The Morgan fingerprint density at radius 3 is 2.03 bits per heavy atom. The summed E-state index contributed by atoms with van der Waals surface area (Å²) in [6.45, 7) is 19.5. The van der Waals surface area contributed by atoms with Crippen LogP contribution in [0.3, 0.4) is 0 Å². The number of nitrogens with zero attached hydrogens (tertiary/aromatic N) is 1. The van der Waals surface area contributed by atoms with Gasteiger partial charge in [-0.1, -0.05) is 57.0 Å². The Kier molecular flexibility index (Phi) is 11.3. The standard InChI is InChI=1S/C28H47N3O4/c1-11-12-17-31(25(33)22(18-19(2)3)29-26(34)35-28(8,9)10)23(24(32)30-27(5,6)7)21-15-13-20(4)14-16-21/h13-16,19,22-23H,11-12,17-18H2,1-10H3,(H,29,34)(H,30,32). The van der Waals surface area contributed by atoms with E-state index in [0.717, 1.165) is 24.0 Å². The topological polar surface area (TPSA) is 87.7 Å². The summed E-state index contributed by atoms with van der Waals surface area (Å²) in [4.78, 5) is 41.8. The molecule has 2 N–H and O–H groups in total. The van der Waals surface area contributed by atoms with Gasteiger partial charge in [-0.2, -0.15) is 0 Å². The van der Waals surface area contributed by atoms with Crippen molar-refractivity contribution in [3.8, 4) is 0 Å². The highest BCUT2D eigenvalue weighted by Crippen LogP contribution is 2.26. The van der Waals surface area contributed by atoms with E-state index in [9.17, 15) is 14.4 Å². The molecule has 0 heterocycles. The van der Waals surface area contributed by atoms with Gasteiger partial charge >= 0.3 is 6.09 Å². The molecule has 2 atom stereocenters. The number of amides is 3. The molecule has 198 valence electrons. The average Bonchev–Trinajstić information content (AvgIpc) is 2.68. The Labute approximate surface area is 212 Å². The molecule has 35 heavy (non-hydrogen) atoms. The van der Waals surface area contributed by atoms with Crippen LogP contribution in [0.2, 0.25) is 0 Å². The maximum absolute atomic E-state index is 14.0. The second-order valence-corrected chi connectivity index (χ2v) is 11.8. The third kappa shape index (κ3) is 11.1. The number of nitrogens with one attached hydrogen (secondary N) is 2. The van der Waals surface area contributed by atoms with E-state index < -0.39 is 29.3 Å². The van der Waals surface area contributed by atoms with E-state index in [2.05, 4.69) is 10.6 Å². The van der Waals surface area contributed by atoms with Gasteiger partial charge in [0.25, 0.3) is 0 Å². The van der Waals surface area contributed by atoms with Crippen molar-refractivity contribution >= 4 is 17.9 Å². The van der Waals surface area contributed by atoms with Gasteiger partial charge in [0, 0.05) is 12.1 Å². The van der Waals surface area contributed by atoms with Crippen molar-refractivity contribution in [1.82, 2.24) is 15.5 Å². The molecule has 0 bridgehead atoms. The number of benzene rings is 1.